The topological polar surface area (TPSA) is 69.2 Å². The number of carboxylic acid groups (broad SMARTS) is 1. The number of unbranched alkanes of at least 4 members (excludes halogenated alkanes) is 8. The normalized spacial score (nSPS) is 11.6. The van der Waals surface area contributed by atoms with Crippen molar-refractivity contribution in [1.29, 1.82) is 0 Å². The van der Waals surface area contributed by atoms with Gasteiger partial charge in [-0.05, 0) is 24.9 Å². The Kier molecular flexibility index (Phi) is 20.7. The maximum Gasteiger partial charge on any atom is 1.00 e. The van der Waals surface area contributed by atoms with Gasteiger partial charge < -0.3 is 15.2 Å². The summed E-state index contributed by atoms with van der Waals surface area (Å²) in [6.07, 6.45) is 13.6. The van der Waals surface area contributed by atoms with Crippen LogP contribution in [-0.4, -0.2) is 29.9 Å². The molecule has 1 amide bonds. The molecule has 130 valence electrons. The van der Waals surface area contributed by atoms with E-state index in [9.17, 15) is 14.7 Å². The minimum Gasteiger partial charge on any atom is -0.548 e. The Bertz CT molecular complexity index is 304. The predicted molar refractivity (Wildman–Crippen MR) is 91.8 cm³/mol. The van der Waals surface area contributed by atoms with Gasteiger partial charge in [-0.2, -0.15) is 11.8 Å². The SMILES string of the molecule is CCCCCCCCCCCC(=O)NC(CCSC)C(=O)[O-].[Na+]. The summed E-state index contributed by atoms with van der Waals surface area (Å²) in [5, 5.41) is 13.5. The summed E-state index contributed by atoms with van der Waals surface area (Å²) in [5.74, 6) is -0.649. The first kappa shape index (κ1) is 25.5. The van der Waals surface area contributed by atoms with Gasteiger partial charge in [0.15, 0.2) is 0 Å². The van der Waals surface area contributed by atoms with Crippen molar-refractivity contribution in [2.45, 2.75) is 83.6 Å². The largest absolute Gasteiger partial charge is 1.00 e. The van der Waals surface area contributed by atoms with Gasteiger partial charge in [0.05, 0.1) is 12.0 Å². The Hall–Kier alpha value is 0.290. The van der Waals surface area contributed by atoms with Crippen LogP contribution in [0.15, 0.2) is 0 Å². The molecular formula is C17H32NNaO3S. The van der Waals surface area contributed by atoms with Crippen molar-refractivity contribution in [3.05, 3.63) is 0 Å². The van der Waals surface area contributed by atoms with Crippen molar-refractivity contribution < 1.29 is 44.3 Å². The second-order valence-corrected chi connectivity index (χ2v) is 6.78. The van der Waals surface area contributed by atoms with Gasteiger partial charge in [0.2, 0.25) is 5.91 Å². The molecule has 0 saturated heterocycles. The Balaban J connectivity index is 0. The predicted octanol–water partition coefficient (Wildman–Crippen LogP) is -0.101. The van der Waals surface area contributed by atoms with Crippen LogP contribution >= 0.6 is 11.8 Å². The van der Waals surface area contributed by atoms with E-state index in [1.807, 2.05) is 6.26 Å². The molecule has 0 heterocycles. The van der Waals surface area contributed by atoms with Crippen LogP contribution in [0.25, 0.3) is 0 Å². The molecule has 1 N–H and O–H groups in total. The number of aliphatic carboxylic acids is 1. The molecule has 0 aliphatic heterocycles. The van der Waals surface area contributed by atoms with Crippen LogP contribution in [0.2, 0.25) is 0 Å². The van der Waals surface area contributed by atoms with Crippen LogP contribution in [0, 0.1) is 0 Å². The number of carbonyl (C=O) groups is 2. The summed E-state index contributed by atoms with van der Waals surface area (Å²) < 4.78 is 0. The van der Waals surface area contributed by atoms with Crippen LogP contribution < -0.4 is 40.0 Å². The molecule has 0 aliphatic carbocycles. The molecule has 0 bridgehead atoms. The Morgan fingerprint density at radius 3 is 2.00 bits per heavy atom. The van der Waals surface area contributed by atoms with E-state index < -0.39 is 12.0 Å². The van der Waals surface area contributed by atoms with Crippen LogP contribution in [0.1, 0.15) is 77.6 Å². The van der Waals surface area contributed by atoms with E-state index >= 15 is 0 Å². The second kappa shape index (κ2) is 18.6. The number of amides is 1. The first-order chi connectivity index (χ1) is 10.6. The average Bonchev–Trinajstić information content (AvgIpc) is 2.49. The van der Waals surface area contributed by atoms with E-state index in [1.165, 1.54) is 38.5 Å². The summed E-state index contributed by atoms with van der Waals surface area (Å²) in [7, 11) is 0. The van der Waals surface area contributed by atoms with E-state index in [0.717, 1.165) is 19.3 Å². The molecule has 0 aromatic heterocycles. The fraction of sp³-hybridized carbons (Fsp3) is 0.882. The third kappa shape index (κ3) is 16.9. The monoisotopic (exact) mass is 353 g/mol. The molecule has 0 aromatic carbocycles. The quantitative estimate of drug-likeness (QED) is 0.330. The van der Waals surface area contributed by atoms with Gasteiger partial charge in [-0.15, -0.1) is 0 Å². The molecule has 6 heteroatoms. The summed E-state index contributed by atoms with van der Waals surface area (Å²) in [5.41, 5.74) is 0. The molecule has 0 aromatic rings. The van der Waals surface area contributed by atoms with E-state index in [4.69, 9.17) is 0 Å². The maximum absolute atomic E-state index is 11.7. The number of hydrogen-bond donors (Lipinski definition) is 1. The molecule has 23 heavy (non-hydrogen) atoms. The second-order valence-electron chi connectivity index (χ2n) is 5.80. The van der Waals surface area contributed by atoms with E-state index in [0.29, 0.717) is 18.6 Å². The van der Waals surface area contributed by atoms with E-state index in [-0.39, 0.29) is 35.5 Å². The number of hydrogen-bond acceptors (Lipinski definition) is 4. The standard InChI is InChI=1S/C17H33NO3S.Na/c1-3-4-5-6-7-8-9-10-11-12-16(19)18-15(17(20)21)13-14-22-2;/h15H,3-14H2,1-2H3,(H,18,19)(H,20,21);/q;+1/p-1. The number of carbonyl (C=O) groups excluding carboxylic acids is 2. The number of thioether (sulfide) groups is 1. The molecule has 0 rings (SSSR count). The molecule has 0 radical (unpaired) electrons. The van der Waals surface area contributed by atoms with Gasteiger partial charge >= 0.3 is 29.6 Å². The first-order valence-electron chi connectivity index (χ1n) is 8.61. The van der Waals surface area contributed by atoms with E-state index in [1.54, 1.807) is 11.8 Å². The fourth-order valence-corrected chi connectivity index (χ4v) is 2.82. The Morgan fingerprint density at radius 2 is 1.52 bits per heavy atom. The van der Waals surface area contributed by atoms with Gasteiger partial charge in [-0.1, -0.05) is 58.3 Å². The van der Waals surface area contributed by atoms with Gasteiger partial charge in [0.1, 0.15) is 0 Å². The van der Waals surface area contributed by atoms with Crippen LogP contribution in [0.3, 0.4) is 0 Å². The van der Waals surface area contributed by atoms with Crippen molar-refractivity contribution in [2.24, 2.45) is 0 Å². The summed E-state index contributed by atoms with van der Waals surface area (Å²) in [6.45, 7) is 2.22. The zero-order chi connectivity index (χ0) is 16.6. The van der Waals surface area contributed by atoms with Crippen LogP contribution in [0.4, 0.5) is 0 Å². The van der Waals surface area contributed by atoms with Crippen LogP contribution in [0.5, 0.6) is 0 Å². The number of rotatable bonds is 15. The summed E-state index contributed by atoms with van der Waals surface area (Å²) in [6, 6.07) is -0.849. The molecule has 4 nitrogen and oxygen atoms in total. The molecule has 1 atom stereocenters. The molecule has 0 fully saturated rings. The molecular weight excluding hydrogens is 321 g/mol. The first-order valence-corrected chi connectivity index (χ1v) is 10.00. The van der Waals surface area contributed by atoms with Crippen molar-refractivity contribution in [3.63, 3.8) is 0 Å². The summed E-state index contributed by atoms with van der Waals surface area (Å²) >= 11 is 1.57. The zero-order valence-corrected chi connectivity index (χ0v) is 18.0. The van der Waals surface area contributed by atoms with Gasteiger partial charge in [-0.3, -0.25) is 4.79 Å². The third-order valence-electron chi connectivity index (χ3n) is 3.74. The van der Waals surface area contributed by atoms with Crippen molar-refractivity contribution in [1.82, 2.24) is 5.32 Å². The molecule has 1 unspecified atom stereocenters. The van der Waals surface area contributed by atoms with Crippen molar-refractivity contribution in [3.8, 4) is 0 Å². The summed E-state index contributed by atoms with van der Waals surface area (Å²) in [4.78, 5) is 22.6. The zero-order valence-electron chi connectivity index (χ0n) is 15.2. The Labute approximate surface area is 168 Å². The minimum atomic E-state index is -1.19. The number of carboxylic acids is 1. The van der Waals surface area contributed by atoms with Crippen molar-refractivity contribution >= 4 is 23.6 Å². The molecule has 0 saturated carbocycles. The van der Waals surface area contributed by atoms with Gasteiger partial charge in [0, 0.05) is 6.42 Å². The van der Waals surface area contributed by atoms with Crippen LogP contribution in [-0.2, 0) is 9.59 Å². The molecule has 0 aliphatic rings. The third-order valence-corrected chi connectivity index (χ3v) is 4.38. The fourth-order valence-electron chi connectivity index (χ4n) is 2.35. The average molecular weight is 354 g/mol. The van der Waals surface area contributed by atoms with E-state index in [2.05, 4.69) is 12.2 Å². The smallest absolute Gasteiger partial charge is 0.548 e. The van der Waals surface area contributed by atoms with Gasteiger partial charge in [-0.25, -0.2) is 0 Å². The Morgan fingerprint density at radius 1 is 1.00 bits per heavy atom. The maximum atomic E-state index is 11.7. The number of nitrogens with one attached hydrogen (secondary N) is 1. The van der Waals surface area contributed by atoms with Crippen molar-refractivity contribution in [2.75, 3.05) is 12.0 Å². The minimum absolute atomic E-state index is 0. The molecule has 0 spiro atoms. The van der Waals surface area contributed by atoms with Gasteiger partial charge in [0.25, 0.3) is 0 Å².